The van der Waals surface area contributed by atoms with E-state index in [-0.39, 0.29) is 0 Å². The van der Waals surface area contributed by atoms with Crippen molar-refractivity contribution in [2.75, 3.05) is 0 Å². The van der Waals surface area contributed by atoms with Crippen LogP contribution in [0.3, 0.4) is 0 Å². The number of hydrogen-bond acceptors (Lipinski definition) is 2. The van der Waals surface area contributed by atoms with Crippen molar-refractivity contribution < 1.29 is 5.11 Å². The molecule has 2 aromatic rings. The molecule has 0 aliphatic carbocycles. The van der Waals surface area contributed by atoms with Crippen LogP contribution in [0.25, 0.3) is 0 Å². The van der Waals surface area contributed by atoms with E-state index in [2.05, 4.69) is 0 Å². The van der Waals surface area contributed by atoms with E-state index in [1.54, 1.807) is 18.2 Å². The number of benzene rings is 1. The van der Waals surface area contributed by atoms with Crippen molar-refractivity contribution in [2.45, 2.75) is 13.0 Å². The SMILES string of the molecule is Cc1ccsc1C(O)c1ccc(Cl)c(Cl)c1. The minimum absolute atomic E-state index is 0.465. The van der Waals surface area contributed by atoms with Crippen LogP contribution in [-0.2, 0) is 0 Å². The zero-order valence-electron chi connectivity index (χ0n) is 8.58. The lowest BCUT2D eigenvalue weighted by Gasteiger charge is -2.11. The highest BCUT2D eigenvalue weighted by Crippen LogP contribution is 2.32. The van der Waals surface area contributed by atoms with Crippen LogP contribution in [0.1, 0.15) is 22.1 Å². The highest BCUT2D eigenvalue weighted by molar-refractivity contribution is 7.10. The maximum Gasteiger partial charge on any atom is 0.113 e. The molecule has 1 nitrogen and oxygen atoms in total. The minimum atomic E-state index is -0.630. The molecular weight excluding hydrogens is 263 g/mol. The monoisotopic (exact) mass is 272 g/mol. The van der Waals surface area contributed by atoms with Crippen molar-refractivity contribution in [2.24, 2.45) is 0 Å². The first-order valence-corrected chi connectivity index (χ1v) is 6.40. The lowest BCUT2D eigenvalue weighted by atomic mass is 10.1. The highest BCUT2D eigenvalue weighted by Gasteiger charge is 2.15. The molecular formula is C12H10Cl2OS. The Kier molecular flexibility index (Phi) is 3.55. The summed E-state index contributed by atoms with van der Waals surface area (Å²) in [6, 6.07) is 7.18. The molecule has 1 N–H and O–H groups in total. The minimum Gasteiger partial charge on any atom is -0.383 e. The number of rotatable bonds is 2. The van der Waals surface area contributed by atoms with Gasteiger partial charge in [0.15, 0.2) is 0 Å². The van der Waals surface area contributed by atoms with Gasteiger partial charge in [0.05, 0.1) is 10.0 Å². The van der Waals surface area contributed by atoms with Crippen molar-refractivity contribution in [3.8, 4) is 0 Å². The molecule has 0 radical (unpaired) electrons. The summed E-state index contributed by atoms with van der Waals surface area (Å²) in [5, 5.41) is 13.1. The van der Waals surface area contributed by atoms with E-state index in [1.165, 1.54) is 11.3 Å². The Hall–Kier alpha value is -0.540. The van der Waals surface area contributed by atoms with Crippen molar-refractivity contribution in [3.63, 3.8) is 0 Å². The second kappa shape index (κ2) is 4.76. The van der Waals surface area contributed by atoms with E-state index in [9.17, 15) is 5.11 Å². The Labute approximate surface area is 108 Å². The second-order valence-electron chi connectivity index (χ2n) is 3.54. The smallest absolute Gasteiger partial charge is 0.113 e. The molecule has 1 atom stereocenters. The maximum atomic E-state index is 10.2. The van der Waals surface area contributed by atoms with Gasteiger partial charge in [-0.05, 0) is 41.6 Å². The molecule has 0 bridgehead atoms. The van der Waals surface area contributed by atoms with E-state index < -0.39 is 6.10 Å². The predicted molar refractivity (Wildman–Crippen MR) is 69.6 cm³/mol. The third-order valence-electron chi connectivity index (χ3n) is 2.41. The topological polar surface area (TPSA) is 20.2 Å². The first-order chi connectivity index (χ1) is 7.59. The molecule has 0 aliphatic heterocycles. The summed E-state index contributed by atoms with van der Waals surface area (Å²) >= 11 is 13.3. The largest absolute Gasteiger partial charge is 0.383 e. The molecule has 1 unspecified atom stereocenters. The molecule has 0 fully saturated rings. The van der Waals surface area contributed by atoms with Gasteiger partial charge in [0.2, 0.25) is 0 Å². The van der Waals surface area contributed by atoms with Crippen LogP contribution >= 0.6 is 34.5 Å². The number of aliphatic hydroxyl groups excluding tert-OH is 1. The van der Waals surface area contributed by atoms with Crippen LogP contribution < -0.4 is 0 Å². The normalized spacial score (nSPS) is 12.8. The first kappa shape index (κ1) is 11.9. The molecule has 0 saturated carbocycles. The molecule has 1 heterocycles. The first-order valence-electron chi connectivity index (χ1n) is 4.76. The van der Waals surface area contributed by atoms with Crippen molar-refractivity contribution in [1.29, 1.82) is 0 Å². The fraction of sp³-hybridized carbons (Fsp3) is 0.167. The van der Waals surface area contributed by atoms with Gasteiger partial charge < -0.3 is 5.11 Å². The van der Waals surface area contributed by atoms with Crippen molar-refractivity contribution >= 4 is 34.5 Å². The Morgan fingerprint density at radius 3 is 2.50 bits per heavy atom. The summed E-state index contributed by atoms with van der Waals surface area (Å²) in [6.07, 6.45) is -0.630. The van der Waals surface area contributed by atoms with Gasteiger partial charge in [0.25, 0.3) is 0 Å². The van der Waals surface area contributed by atoms with Crippen LogP contribution in [0.2, 0.25) is 10.0 Å². The van der Waals surface area contributed by atoms with Gasteiger partial charge in [-0.3, -0.25) is 0 Å². The molecule has 16 heavy (non-hydrogen) atoms. The summed E-state index contributed by atoms with van der Waals surface area (Å²) in [6.45, 7) is 1.98. The molecule has 0 saturated heterocycles. The molecule has 0 spiro atoms. The number of thiophene rings is 1. The average molecular weight is 273 g/mol. The standard InChI is InChI=1S/C12H10Cl2OS/c1-7-4-5-16-12(7)11(15)8-2-3-9(13)10(14)6-8/h2-6,11,15H,1H3. The van der Waals surface area contributed by atoms with Crippen LogP contribution in [-0.4, -0.2) is 5.11 Å². The zero-order chi connectivity index (χ0) is 11.7. The van der Waals surface area contributed by atoms with Crippen molar-refractivity contribution in [3.05, 3.63) is 55.7 Å². The Balaban J connectivity index is 2.38. The van der Waals surface area contributed by atoms with Crippen LogP contribution in [0.5, 0.6) is 0 Å². The molecule has 4 heteroatoms. The zero-order valence-corrected chi connectivity index (χ0v) is 10.9. The second-order valence-corrected chi connectivity index (χ2v) is 5.31. The fourth-order valence-corrected chi connectivity index (χ4v) is 2.74. The number of aliphatic hydroxyl groups is 1. The van der Waals surface area contributed by atoms with Gasteiger partial charge in [0, 0.05) is 4.88 Å². The molecule has 1 aromatic carbocycles. The summed E-state index contributed by atoms with van der Waals surface area (Å²) < 4.78 is 0. The van der Waals surface area contributed by atoms with Gasteiger partial charge in [0.1, 0.15) is 6.10 Å². The predicted octanol–water partition coefficient (Wildman–Crippen LogP) is 4.45. The molecule has 84 valence electrons. The Bertz CT molecular complexity index is 507. The Morgan fingerprint density at radius 1 is 1.19 bits per heavy atom. The molecule has 0 aliphatic rings. The third-order valence-corrected chi connectivity index (χ3v) is 4.22. The van der Waals surface area contributed by atoms with Gasteiger partial charge in [-0.1, -0.05) is 29.3 Å². The van der Waals surface area contributed by atoms with Gasteiger partial charge in [-0.2, -0.15) is 0 Å². The summed E-state index contributed by atoms with van der Waals surface area (Å²) in [4.78, 5) is 0.943. The third kappa shape index (κ3) is 2.25. The lowest BCUT2D eigenvalue weighted by molar-refractivity contribution is 0.223. The highest BCUT2D eigenvalue weighted by atomic mass is 35.5. The number of halogens is 2. The summed E-state index contributed by atoms with van der Waals surface area (Å²) in [5.41, 5.74) is 1.85. The van der Waals surface area contributed by atoms with Gasteiger partial charge >= 0.3 is 0 Å². The average Bonchev–Trinajstić information content (AvgIpc) is 2.67. The quantitative estimate of drug-likeness (QED) is 0.857. The van der Waals surface area contributed by atoms with E-state index in [1.807, 2.05) is 18.4 Å². The van der Waals surface area contributed by atoms with E-state index in [4.69, 9.17) is 23.2 Å². The van der Waals surface area contributed by atoms with Crippen LogP contribution in [0.15, 0.2) is 29.6 Å². The number of aryl methyl sites for hydroxylation is 1. The van der Waals surface area contributed by atoms with Gasteiger partial charge in [-0.25, -0.2) is 0 Å². The maximum absolute atomic E-state index is 10.2. The molecule has 2 rings (SSSR count). The summed E-state index contributed by atoms with van der Waals surface area (Å²) in [7, 11) is 0. The van der Waals surface area contributed by atoms with E-state index in [0.29, 0.717) is 10.0 Å². The van der Waals surface area contributed by atoms with Gasteiger partial charge in [-0.15, -0.1) is 11.3 Å². The Morgan fingerprint density at radius 2 is 1.94 bits per heavy atom. The van der Waals surface area contributed by atoms with Crippen LogP contribution in [0, 0.1) is 6.92 Å². The van der Waals surface area contributed by atoms with Crippen LogP contribution in [0.4, 0.5) is 0 Å². The summed E-state index contributed by atoms with van der Waals surface area (Å²) in [5.74, 6) is 0. The molecule has 1 aromatic heterocycles. The number of hydrogen-bond donors (Lipinski definition) is 1. The molecule has 0 amide bonds. The van der Waals surface area contributed by atoms with Crippen molar-refractivity contribution in [1.82, 2.24) is 0 Å². The van der Waals surface area contributed by atoms with E-state index in [0.717, 1.165) is 16.0 Å². The fourth-order valence-electron chi connectivity index (χ4n) is 1.50. The lowest BCUT2D eigenvalue weighted by Crippen LogP contribution is -1.98. The van der Waals surface area contributed by atoms with E-state index >= 15 is 0 Å².